The lowest BCUT2D eigenvalue weighted by Gasteiger charge is -2.33. The molecule has 128 valence electrons. The minimum absolute atomic E-state index is 0.216. The smallest absolute Gasteiger partial charge is 0.410 e. The van der Waals surface area contributed by atoms with E-state index in [1.54, 1.807) is 4.90 Å². The Morgan fingerprint density at radius 2 is 2.04 bits per heavy atom. The molecule has 1 aliphatic rings. The quantitative estimate of drug-likeness (QED) is 0.802. The van der Waals surface area contributed by atoms with Gasteiger partial charge in [0.25, 0.3) is 0 Å². The number of halogens is 2. The molecule has 2 rings (SSSR count). The maximum absolute atomic E-state index is 12.0. The molecular formula is C17H24BrClN2O2. The Labute approximate surface area is 151 Å². The van der Waals surface area contributed by atoms with E-state index in [4.69, 9.17) is 16.3 Å². The molecule has 1 saturated heterocycles. The normalized spacial score (nSPS) is 16.5. The predicted molar refractivity (Wildman–Crippen MR) is 96.8 cm³/mol. The summed E-state index contributed by atoms with van der Waals surface area (Å²) in [6.45, 7) is 7.86. The average Bonchev–Trinajstić information content (AvgIpc) is 2.45. The summed E-state index contributed by atoms with van der Waals surface area (Å²) in [6.07, 6.45) is 1.63. The van der Waals surface area contributed by atoms with Crippen LogP contribution < -0.4 is 5.32 Å². The Hall–Kier alpha value is -0.780. The monoisotopic (exact) mass is 402 g/mol. The van der Waals surface area contributed by atoms with E-state index in [1.807, 2.05) is 39.0 Å². The van der Waals surface area contributed by atoms with E-state index in [0.29, 0.717) is 6.04 Å². The first-order valence-electron chi connectivity index (χ1n) is 7.90. The highest BCUT2D eigenvalue weighted by atomic mass is 79.9. The number of benzene rings is 1. The van der Waals surface area contributed by atoms with Crippen LogP contribution >= 0.6 is 27.5 Å². The molecule has 0 atom stereocenters. The molecule has 6 heteroatoms. The molecule has 0 aromatic heterocycles. The summed E-state index contributed by atoms with van der Waals surface area (Å²) in [5.74, 6) is 0. The molecule has 1 heterocycles. The lowest BCUT2D eigenvalue weighted by atomic mass is 10.0. The number of ether oxygens (including phenoxy) is 1. The van der Waals surface area contributed by atoms with Gasteiger partial charge in [-0.3, -0.25) is 0 Å². The molecule has 1 aliphatic heterocycles. The fourth-order valence-corrected chi connectivity index (χ4v) is 3.25. The molecule has 0 unspecified atom stereocenters. The van der Waals surface area contributed by atoms with Crippen molar-refractivity contribution in [1.82, 2.24) is 10.2 Å². The summed E-state index contributed by atoms with van der Waals surface area (Å²) in [6, 6.07) is 6.32. The van der Waals surface area contributed by atoms with Crippen LogP contribution in [0.15, 0.2) is 22.7 Å². The van der Waals surface area contributed by atoms with Gasteiger partial charge in [-0.05, 0) is 51.3 Å². The zero-order valence-corrected chi connectivity index (χ0v) is 16.2. The van der Waals surface area contributed by atoms with Gasteiger partial charge in [-0.2, -0.15) is 0 Å². The van der Waals surface area contributed by atoms with Crippen LogP contribution in [0, 0.1) is 0 Å². The van der Waals surface area contributed by atoms with E-state index in [-0.39, 0.29) is 6.09 Å². The molecule has 1 fully saturated rings. The molecular weight excluding hydrogens is 380 g/mol. The van der Waals surface area contributed by atoms with E-state index in [1.165, 1.54) is 0 Å². The highest BCUT2D eigenvalue weighted by Gasteiger charge is 2.26. The highest BCUT2D eigenvalue weighted by molar-refractivity contribution is 9.10. The molecule has 1 aromatic carbocycles. The van der Waals surface area contributed by atoms with E-state index in [2.05, 4.69) is 21.2 Å². The number of rotatable bonds is 3. The van der Waals surface area contributed by atoms with Gasteiger partial charge < -0.3 is 15.0 Å². The first kappa shape index (κ1) is 18.6. The number of nitrogens with one attached hydrogen (secondary N) is 1. The van der Waals surface area contributed by atoms with E-state index < -0.39 is 5.60 Å². The van der Waals surface area contributed by atoms with Crippen LogP contribution in [0.3, 0.4) is 0 Å². The van der Waals surface area contributed by atoms with Crippen LogP contribution in [-0.2, 0) is 11.3 Å². The molecule has 1 aromatic rings. The zero-order valence-electron chi connectivity index (χ0n) is 13.9. The summed E-state index contributed by atoms with van der Waals surface area (Å²) in [5, 5.41) is 4.29. The molecule has 1 N–H and O–H groups in total. The van der Waals surface area contributed by atoms with Gasteiger partial charge in [-0.25, -0.2) is 4.79 Å². The molecule has 23 heavy (non-hydrogen) atoms. The van der Waals surface area contributed by atoms with E-state index in [9.17, 15) is 4.79 Å². The summed E-state index contributed by atoms with van der Waals surface area (Å²) < 4.78 is 6.40. The molecule has 4 nitrogen and oxygen atoms in total. The topological polar surface area (TPSA) is 41.6 Å². The first-order valence-corrected chi connectivity index (χ1v) is 9.07. The van der Waals surface area contributed by atoms with Crippen molar-refractivity contribution in [2.45, 2.75) is 51.8 Å². The van der Waals surface area contributed by atoms with Gasteiger partial charge in [0.15, 0.2) is 0 Å². The number of hydrogen-bond donors (Lipinski definition) is 1. The second kappa shape index (κ2) is 7.86. The van der Waals surface area contributed by atoms with Crippen molar-refractivity contribution >= 4 is 33.6 Å². The maximum Gasteiger partial charge on any atom is 0.410 e. The zero-order chi connectivity index (χ0) is 17.0. The number of carbonyl (C=O) groups is 1. The number of nitrogens with zero attached hydrogens (tertiary/aromatic N) is 1. The van der Waals surface area contributed by atoms with Crippen LogP contribution in [0.5, 0.6) is 0 Å². The SMILES string of the molecule is CC(C)(C)OC(=O)N1CCC(NCc2ccc(Br)cc2Cl)CC1. The van der Waals surface area contributed by atoms with Gasteiger partial charge in [0.1, 0.15) is 5.60 Å². The average molecular weight is 404 g/mol. The summed E-state index contributed by atoms with van der Waals surface area (Å²) >= 11 is 9.64. The van der Waals surface area contributed by atoms with Crippen molar-refractivity contribution in [3.63, 3.8) is 0 Å². The second-order valence-electron chi connectivity index (χ2n) is 6.86. The Morgan fingerprint density at radius 3 is 2.61 bits per heavy atom. The van der Waals surface area contributed by atoms with Gasteiger partial charge in [0.05, 0.1) is 0 Å². The van der Waals surface area contributed by atoms with Gasteiger partial charge in [-0.1, -0.05) is 33.6 Å². The molecule has 0 spiro atoms. The van der Waals surface area contributed by atoms with Crippen molar-refractivity contribution < 1.29 is 9.53 Å². The molecule has 0 bridgehead atoms. The molecule has 0 radical (unpaired) electrons. The Kier molecular flexibility index (Phi) is 6.34. The minimum Gasteiger partial charge on any atom is -0.444 e. The van der Waals surface area contributed by atoms with E-state index in [0.717, 1.165) is 47.5 Å². The van der Waals surface area contributed by atoms with Gasteiger partial charge in [0.2, 0.25) is 0 Å². The number of hydrogen-bond acceptors (Lipinski definition) is 3. The summed E-state index contributed by atoms with van der Waals surface area (Å²) in [4.78, 5) is 13.8. The number of piperidine rings is 1. The number of likely N-dealkylation sites (tertiary alicyclic amines) is 1. The van der Waals surface area contributed by atoms with Gasteiger partial charge >= 0.3 is 6.09 Å². The van der Waals surface area contributed by atoms with E-state index >= 15 is 0 Å². The molecule has 0 saturated carbocycles. The lowest BCUT2D eigenvalue weighted by Crippen LogP contribution is -2.46. The maximum atomic E-state index is 12.0. The van der Waals surface area contributed by atoms with Crippen LogP contribution in [0.25, 0.3) is 0 Å². The molecule has 0 aliphatic carbocycles. The second-order valence-corrected chi connectivity index (χ2v) is 8.18. The third-order valence-corrected chi connectivity index (χ3v) is 4.59. The van der Waals surface area contributed by atoms with Crippen molar-refractivity contribution in [2.75, 3.05) is 13.1 Å². The fraction of sp³-hybridized carbons (Fsp3) is 0.588. The Balaban J connectivity index is 1.77. The van der Waals surface area contributed by atoms with Gasteiger partial charge in [-0.15, -0.1) is 0 Å². The largest absolute Gasteiger partial charge is 0.444 e. The number of carbonyl (C=O) groups excluding carboxylic acids is 1. The molecule has 1 amide bonds. The number of amides is 1. The van der Waals surface area contributed by atoms with Crippen LogP contribution in [0.1, 0.15) is 39.2 Å². The Morgan fingerprint density at radius 1 is 1.39 bits per heavy atom. The minimum atomic E-state index is -0.440. The van der Waals surface area contributed by atoms with Crippen LogP contribution in [0.4, 0.5) is 4.79 Å². The first-order chi connectivity index (χ1) is 10.7. The van der Waals surface area contributed by atoms with Crippen molar-refractivity contribution in [3.8, 4) is 0 Å². The summed E-state index contributed by atoms with van der Waals surface area (Å²) in [7, 11) is 0. The summed E-state index contributed by atoms with van der Waals surface area (Å²) in [5.41, 5.74) is 0.647. The van der Waals surface area contributed by atoms with Crippen molar-refractivity contribution in [3.05, 3.63) is 33.3 Å². The predicted octanol–water partition coefficient (Wildman–Crippen LogP) is 4.59. The highest BCUT2D eigenvalue weighted by Crippen LogP contribution is 2.22. The third kappa shape index (κ3) is 5.98. The lowest BCUT2D eigenvalue weighted by molar-refractivity contribution is 0.0198. The third-order valence-electron chi connectivity index (χ3n) is 3.74. The van der Waals surface area contributed by atoms with Gasteiger partial charge in [0, 0.05) is 35.2 Å². The standard InChI is InChI=1S/C17H24BrClN2O2/c1-17(2,3)23-16(22)21-8-6-14(7-9-21)20-11-12-4-5-13(18)10-15(12)19/h4-5,10,14,20H,6-9,11H2,1-3H3. The fourth-order valence-electron chi connectivity index (χ4n) is 2.51. The van der Waals surface area contributed by atoms with Crippen LogP contribution in [0.2, 0.25) is 5.02 Å². The van der Waals surface area contributed by atoms with Crippen molar-refractivity contribution in [2.24, 2.45) is 0 Å². The Bertz CT molecular complexity index is 552. The van der Waals surface area contributed by atoms with Crippen LogP contribution in [-0.4, -0.2) is 35.7 Å². The van der Waals surface area contributed by atoms with Crippen molar-refractivity contribution in [1.29, 1.82) is 0 Å².